The minimum Gasteiger partial charge on any atom is -0.477 e. The molecule has 0 atom stereocenters. The monoisotopic (exact) mass is 243 g/mol. The summed E-state index contributed by atoms with van der Waals surface area (Å²) in [6.07, 6.45) is 1.56. The van der Waals surface area contributed by atoms with E-state index in [4.69, 9.17) is 0 Å². The number of hydrogen-bond donors (Lipinski definition) is 1. The Morgan fingerprint density at radius 3 is 2.44 bits per heavy atom. The van der Waals surface area contributed by atoms with Gasteiger partial charge in [0.05, 0.1) is 0 Å². The predicted molar refractivity (Wildman–Crippen MR) is 67.5 cm³/mol. The topological polar surface area (TPSA) is 59.3 Å². The van der Waals surface area contributed by atoms with Gasteiger partial charge in [0.15, 0.2) is 5.78 Å². The average Bonchev–Trinajstić information content (AvgIpc) is 2.74. The van der Waals surface area contributed by atoms with Gasteiger partial charge in [-0.3, -0.25) is 4.79 Å². The lowest BCUT2D eigenvalue weighted by Crippen LogP contribution is -2.06. The SMILES string of the molecule is CC(=O)c1cc(C(=O)O)n(-c2ccccc2C)c1. The number of aromatic carboxylic acids is 1. The number of aromatic nitrogens is 1. The number of aryl methyl sites for hydroxylation is 1. The molecule has 0 saturated heterocycles. The lowest BCUT2D eigenvalue weighted by atomic mass is 10.2. The van der Waals surface area contributed by atoms with E-state index < -0.39 is 5.97 Å². The van der Waals surface area contributed by atoms with Gasteiger partial charge < -0.3 is 9.67 Å². The maximum Gasteiger partial charge on any atom is 0.352 e. The Morgan fingerprint density at radius 1 is 1.22 bits per heavy atom. The van der Waals surface area contributed by atoms with E-state index in [1.807, 2.05) is 31.2 Å². The van der Waals surface area contributed by atoms with Gasteiger partial charge in [0.25, 0.3) is 0 Å². The van der Waals surface area contributed by atoms with Crippen molar-refractivity contribution in [3.05, 3.63) is 53.3 Å². The Bertz CT molecular complexity index is 626. The molecule has 1 aromatic carbocycles. The molecular formula is C14H13NO3. The van der Waals surface area contributed by atoms with E-state index in [-0.39, 0.29) is 11.5 Å². The van der Waals surface area contributed by atoms with Gasteiger partial charge in [0.1, 0.15) is 5.69 Å². The normalized spacial score (nSPS) is 10.3. The number of para-hydroxylation sites is 1. The smallest absolute Gasteiger partial charge is 0.352 e. The van der Waals surface area contributed by atoms with Crippen molar-refractivity contribution in [3.63, 3.8) is 0 Å². The van der Waals surface area contributed by atoms with Gasteiger partial charge in [-0.05, 0) is 31.5 Å². The summed E-state index contributed by atoms with van der Waals surface area (Å²) in [7, 11) is 0. The molecule has 4 nitrogen and oxygen atoms in total. The molecule has 1 N–H and O–H groups in total. The molecule has 1 aromatic heterocycles. The highest BCUT2D eigenvalue weighted by molar-refractivity contribution is 5.97. The first kappa shape index (κ1) is 12.1. The number of benzene rings is 1. The molecule has 0 fully saturated rings. The van der Waals surface area contributed by atoms with Crippen LogP contribution in [0.15, 0.2) is 36.5 Å². The molecule has 18 heavy (non-hydrogen) atoms. The lowest BCUT2D eigenvalue weighted by Gasteiger charge is -2.09. The number of nitrogens with zero attached hydrogens (tertiary/aromatic N) is 1. The summed E-state index contributed by atoms with van der Waals surface area (Å²) < 4.78 is 1.54. The maximum atomic E-state index is 11.3. The van der Waals surface area contributed by atoms with E-state index in [1.54, 1.807) is 6.20 Å². The maximum absolute atomic E-state index is 11.3. The van der Waals surface area contributed by atoms with Crippen molar-refractivity contribution in [2.45, 2.75) is 13.8 Å². The third kappa shape index (κ3) is 2.05. The van der Waals surface area contributed by atoms with Gasteiger partial charge in [0, 0.05) is 17.4 Å². The van der Waals surface area contributed by atoms with E-state index in [2.05, 4.69) is 0 Å². The van der Waals surface area contributed by atoms with E-state index in [0.29, 0.717) is 5.56 Å². The van der Waals surface area contributed by atoms with Gasteiger partial charge in [0.2, 0.25) is 0 Å². The number of Topliss-reactive ketones (excluding diaryl/α,β-unsaturated/α-hetero) is 1. The van der Waals surface area contributed by atoms with Gasteiger partial charge in [-0.15, -0.1) is 0 Å². The third-order valence-corrected chi connectivity index (χ3v) is 2.82. The third-order valence-electron chi connectivity index (χ3n) is 2.82. The van der Waals surface area contributed by atoms with Crippen molar-refractivity contribution in [3.8, 4) is 5.69 Å². The number of hydrogen-bond acceptors (Lipinski definition) is 2. The summed E-state index contributed by atoms with van der Waals surface area (Å²) in [5.41, 5.74) is 2.21. The van der Waals surface area contributed by atoms with Crippen molar-refractivity contribution >= 4 is 11.8 Å². The molecule has 0 bridgehead atoms. The second kappa shape index (κ2) is 4.49. The predicted octanol–water partition coefficient (Wildman–Crippen LogP) is 2.69. The molecule has 1 heterocycles. The molecule has 0 amide bonds. The molecule has 0 aliphatic carbocycles. The van der Waals surface area contributed by atoms with Gasteiger partial charge in [-0.1, -0.05) is 18.2 Å². The molecule has 2 rings (SSSR count). The number of ketones is 1. The molecule has 0 spiro atoms. The van der Waals surface area contributed by atoms with Crippen LogP contribution in [0.3, 0.4) is 0 Å². The van der Waals surface area contributed by atoms with Crippen molar-refractivity contribution in [2.75, 3.05) is 0 Å². The molecule has 0 saturated carbocycles. The summed E-state index contributed by atoms with van der Waals surface area (Å²) in [5, 5.41) is 9.18. The highest BCUT2D eigenvalue weighted by atomic mass is 16.4. The lowest BCUT2D eigenvalue weighted by molar-refractivity contribution is 0.0688. The Morgan fingerprint density at radius 2 is 1.89 bits per heavy atom. The van der Waals surface area contributed by atoms with E-state index in [1.165, 1.54) is 17.6 Å². The molecule has 2 aromatic rings. The second-order valence-electron chi connectivity index (χ2n) is 4.13. The summed E-state index contributed by atoms with van der Waals surface area (Å²) in [5.74, 6) is -1.20. The molecule has 0 aliphatic heterocycles. The fraction of sp³-hybridized carbons (Fsp3) is 0.143. The number of rotatable bonds is 3. The number of carbonyl (C=O) groups is 2. The van der Waals surface area contributed by atoms with Crippen LogP contribution in [0.1, 0.15) is 33.3 Å². The Labute approximate surface area is 104 Å². The van der Waals surface area contributed by atoms with Crippen LogP contribution >= 0.6 is 0 Å². The zero-order valence-corrected chi connectivity index (χ0v) is 10.2. The minimum atomic E-state index is -1.05. The summed E-state index contributed by atoms with van der Waals surface area (Å²) in [6, 6.07) is 8.84. The van der Waals surface area contributed by atoms with Crippen LogP contribution in [0.4, 0.5) is 0 Å². The first-order valence-electron chi connectivity index (χ1n) is 5.53. The average molecular weight is 243 g/mol. The van der Waals surface area contributed by atoms with Crippen LogP contribution in [0.5, 0.6) is 0 Å². The molecule has 4 heteroatoms. The van der Waals surface area contributed by atoms with Crippen LogP contribution in [0, 0.1) is 6.92 Å². The molecule has 0 aliphatic rings. The van der Waals surface area contributed by atoms with Crippen molar-refractivity contribution in [2.24, 2.45) is 0 Å². The fourth-order valence-electron chi connectivity index (χ4n) is 1.85. The van der Waals surface area contributed by atoms with Crippen molar-refractivity contribution < 1.29 is 14.7 Å². The second-order valence-corrected chi connectivity index (χ2v) is 4.13. The number of carboxylic acids is 1. The van der Waals surface area contributed by atoms with Gasteiger partial charge >= 0.3 is 5.97 Å². The standard InChI is InChI=1S/C14H13NO3/c1-9-5-3-4-6-12(9)15-8-11(10(2)16)7-13(15)14(17)18/h3-8H,1-2H3,(H,17,18). The van der Waals surface area contributed by atoms with Gasteiger partial charge in [-0.2, -0.15) is 0 Å². The van der Waals surface area contributed by atoms with E-state index in [9.17, 15) is 14.7 Å². The first-order valence-corrected chi connectivity index (χ1v) is 5.53. The highest BCUT2D eigenvalue weighted by Crippen LogP contribution is 2.19. The summed E-state index contributed by atoms with van der Waals surface area (Å²) in [4.78, 5) is 22.6. The molecule has 92 valence electrons. The molecule has 0 unspecified atom stereocenters. The zero-order valence-electron chi connectivity index (χ0n) is 10.2. The fourth-order valence-corrected chi connectivity index (χ4v) is 1.85. The van der Waals surface area contributed by atoms with Crippen LogP contribution in [-0.4, -0.2) is 21.4 Å². The van der Waals surface area contributed by atoms with Crippen LogP contribution in [-0.2, 0) is 0 Å². The Kier molecular flexibility index (Phi) is 3.02. The number of carboxylic acid groups (broad SMARTS) is 1. The van der Waals surface area contributed by atoms with Crippen LogP contribution in [0.2, 0.25) is 0 Å². The highest BCUT2D eigenvalue weighted by Gasteiger charge is 2.16. The van der Waals surface area contributed by atoms with Gasteiger partial charge in [-0.25, -0.2) is 4.79 Å². The Hall–Kier alpha value is -2.36. The molecule has 0 radical (unpaired) electrons. The Balaban J connectivity index is 2.67. The van der Waals surface area contributed by atoms with Crippen molar-refractivity contribution in [1.29, 1.82) is 0 Å². The zero-order chi connectivity index (χ0) is 13.3. The van der Waals surface area contributed by atoms with Crippen LogP contribution in [0.25, 0.3) is 5.69 Å². The molecular weight excluding hydrogens is 230 g/mol. The van der Waals surface area contributed by atoms with Crippen molar-refractivity contribution in [1.82, 2.24) is 4.57 Å². The minimum absolute atomic E-state index is 0.0921. The summed E-state index contributed by atoms with van der Waals surface area (Å²) >= 11 is 0. The first-order chi connectivity index (χ1) is 8.50. The quantitative estimate of drug-likeness (QED) is 0.843. The number of carbonyl (C=O) groups excluding carboxylic acids is 1. The summed E-state index contributed by atoms with van der Waals surface area (Å²) in [6.45, 7) is 3.32. The van der Waals surface area contributed by atoms with E-state index >= 15 is 0 Å². The van der Waals surface area contributed by atoms with Crippen LogP contribution < -0.4 is 0 Å². The van der Waals surface area contributed by atoms with E-state index in [0.717, 1.165) is 11.3 Å². The largest absolute Gasteiger partial charge is 0.477 e.